The largest absolute Gasteiger partial charge is 0.305 e. The van der Waals surface area contributed by atoms with E-state index >= 15 is 0 Å². The fourth-order valence-electron chi connectivity index (χ4n) is 1.32. The number of nitrogens with one attached hydrogen (secondary N) is 2. The van der Waals surface area contributed by atoms with Gasteiger partial charge in [-0.05, 0) is 26.0 Å². The minimum absolute atomic E-state index is 0.412. The molecular formula is C12H20N2. The van der Waals surface area contributed by atoms with Crippen molar-refractivity contribution in [1.29, 1.82) is 0 Å². The van der Waals surface area contributed by atoms with Gasteiger partial charge in [-0.2, -0.15) is 0 Å². The molecule has 2 N–H and O–H groups in total. The molecule has 1 aromatic rings. The summed E-state index contributed by atoms with van der Waals surface area (Å²) in [7, 11) is 0. The van der Waals surface area contributed by atoms with Crippen LogP contribution in [0.15, 0.2) is 24.3 Å². The molecule has 0 aliphatic heterocycles. The maximum absolute atomic E-state index is 3.41. The van der Waals surface area contributed by atoms with Crippen LogP contribution in [0.5, 0.6) is 0 Å². The Morgan fingerprint density at radius 2 is 1.86 bits per heavy atom. The molecule has 1 unspecified atom stereocenters. The van der Waals surface area contributed by atoms with Crippen LogP contribution in [0.3, 0.4) is 0 Å². The Morgan fingerprint density at radius 1 is 1.21 bits per heavy atom. The summed E-state index contributed by atoms with van der Waals surface area (Å²) < 4.78 is 0. The van der Waals surface area contributed by atoms with Crippen LogP contribution in [0, 0.1) is 6.92 Å². The maximum atomic E-state index is 3.41. The van der Waals surface area contributed by atoms with Gasteiger partial charge in [-0.15, -0.1) is 0 Å². The zero-order valence-electron chi connectivity index (χ0n) is 9.30. The van der Waals surface area contributed by atoms with Crippen LogP contribution in [-0.4, -0.2) is 13.2 Å². The molecule has 0 spiro atoms. The summed E-state index contributed by atoms with van der Waals surface area (Å²) in [5.41, 5.74) is 2.65. The quantitative estimate of drug-likeness (QED) is 0.552. The van der Waals surface area contributed by atoms with Crippen LogP contribution in [0.25, 0.3) is 0 Å². The maximum Gasteiger partial charge on any atom is 0.0458 e. The smallest absolute Gasteiger partial charge is 0.0458 e. The third kappa shape index (κ3) is 3.48. The minimum Gasteiger partial charge on any atom is -0.305 e. The molecular weight excluding hydrogens is 172 g/mol. The zero-order valence-corrected chi connectivity index (χ0v) is 9.30. The van der Waals surface area contributed by atoms with Crippen molar-refractivity contribution >= 4 is 0 Å². The van der Waals surface area contributed by atoms with Gasteiger partial charge in [-0.25, -0.2) is 0 Å². The van der Waals surface area contributed by atoms with Gasteiger partial charge in [0.25, 0.3) is 0 Å². The first-order valence-electron chi connectivity index (χ1n) is 5.24. The van der Waals surface area contributed by atoms with Gasteiger partial charge in [0.2, 0.25) is 0 Å². The predicted molar refractivity (Wildman–Crippen MR) is 61.3 cm³/mol. The molecule has 0 saturated carbocycles. The highest BCUT2D eigenvalue weighted by Gasteiger charge is 2.02. The van der Waals surface area contributed by atoms with E-state index in [1.807, 2.05) is 0 Å². The van der Waals surface area contributed by atoms with Crippen LogP contribution in [0.2, 0.25) is 0 Å². The van der Waals surface area contributed by atoms with Gasteiger partial charge in [0.1, 0.15) is 0 Å². The molecule has 78 valence electrons. The van der Waals surface area contributed by atoms with Crippen molar-refractivity contribution in [3.05, 3.63) is 35.4 Å². The Morgan fingerprint density at radius 3 is 2.43 bits per heavy atom. The van der Waals surface area contributed by atoms with E-state index in [1.54, 1.807) is 0 Å². The fraction of sp³-hybridized carbons (Fsp3) is 0.500. The van der Waals surface area contributed by atoms with E-state index in [4.69, 9.17) is 0 Å². The number of hydrogen-bond donors (Lipinski definition) is 2. The van der Waals surface area contributed by atoms with Gasteiger partial charge in [0.15, 0.2) is 0 Å². The summed E-state index contributed by atoms with van der Waals surface area (Å²) in [6.45, 7) is 8.28. The van der Waals surface area contributed by atoms with Gasteiger partial charge in [-0.3, -0.25) is 5.32 Å². The number of benzene rings is 1. The first kappa shape index (κ1) is 11.2. The van der Waals surface area contributed by atoms with Crippen molar-refractivity contribution in [1.82, 2.24) is 10.6 Å². The summed E-state index contributed by atoms with van der Waals surface area (Å²) in [6.07, 6.45) is 0. The monoisotopic (exact) mass is 192 g/mol. The molecule has 2 nitrogen and oxygen atoms in total. The molecule has 0 radical (unpaired) electrons. The van der Waals surface area contributed by atoms with Crippen molar-refractivity contribution in [2.45, 2.75) is 26.8 Å². The summed E-state index contributed by atoms with van der Waals surface area (Å²) in [5.74, 6) is 0. The SMILES string of the molecule is CCNCNC(C)c1ccc(C)cc1. The van der Waals surface area contributed by atoms with E-state index in [0.717, 1.165) is 13.2 Å². The van der Waals surface area contributed by atoms with E-state index in [-0.39, 0.29) is 0 Å². The number of rotatable bonds is 5. The Hall–Kier alpha value is -0.860. The second-order valence-corrected chi connectivity index (χ2v) is 3.62. The predicted octanol–water partition coefficient (Wildman–Crippen LogP) is 2.21. The van der Waals surface area contributed by atoms with E-state index in [9.17, 15) is 0 Å². The van der Waals surface area contributed by atoms with Gasteiger partial charge in [-0.1, -0.05) is 36.8 Å². The highest BCUT2D eigenvalue weighted by Crippen LogP contribution is 2.12. The van der Waals surface area contributed by atoms with Gasteiger partial charge in [0.05, 0.1) is 0 Å². The fourth-order valence-corrected chi connectivity index (χ4v) is 1.32. The van der Waals surface area contributed by atoms with Crippen LogP contribution < -0.4 is 10.6 Å². The summed E-state index contributed by atoms with van der Waals surface area (Å²) >= 11 is 0. The average Bonchev–Trinajstić information content (AvgIpc) is 2.19. The lowest BCUT2D eigenvalue weighted by Gasteiger charge is -2.14. The Bertz CT molecular complexity index is 254. The van der Waals surface area contributed by atoms with E-state index in [1.165, 1.54) is 11.1 Å². The van der Waals surface area contributed by atoms with Gasteiger partial charge in [0, 0.05) is 12.7 Å². The lowest BCUT2D eigenvalue weighted by molar-refractivity contribution is 0.526. The molecule has 0 heterocycles. The van der Waals surface area contributed by atoms with Crippen molar-refractivity contribution < 1.29 is 0 Å². The van der Waals surface area contributed by atoms with Crippen LogP contribution in [0.4, 0.5) is 0 Å². The molecule has 0 aromatic heterocycles. The Balaban J connectivity index is 2.43. The molecule has 2 heteroatoms. The molecule has 0 aliphatic rings. The van der Waals surface area contributed by atoms with E-state index in [2.05, 4.69) is 55.7 Å². The first-order chi connectivity index (χ1) is 6.74. The van der Waals surface area contributed by atoms with E-state index in [0.29, 0.717) is 6.04 Å². The highest BCUT2D eigenvalue weighted by atomic mass is 15.1. The molecule has 1 rings (SSSR count). The van der Waals surface area contributed by atoms with Gasteiger partial charge < -0.3 is 5.32 Å². The number of aryl methyl sites for hydroxylation is 1. The van der Waals surface area contributed by atoms with Crippen molar-refractivity contribution in [3.8, 4) is 0 Å². The molecule has 0 aliphatic carbocycles. The molecule has 1 atom stereocenters. The highest BCUT2D eigenvalue weighted by molar-refractivity contribution is 5.23. The van der Waals surface area contributed by atoms with Gasteiger partial charge >= 0.3 is 0 Å². The summed E-state index contributed by atoms with van der Waals surface area (Å²) in [4.78, 5) is 0. The lowest BCUT2D eigenvalue weighted by Crippen LogP contribution is -2.30. The molecule has 0 amide bonds. The second kappa shape index (κ2) is 5.78. The number of hydrogen-bond acceptors (Lipinski definition) is 2. The molecule has 1 aromatic carbocycles. The standard InChI is InChI=1S/C12H20N2/c1-4-13-9-14-11(3)12-7-5-10(2)6-8-12/h5-8,11,13-14H,4,9H2,1-3H3. The molecule has 0 fully saturated rings. The first-order valence-corrected chi connectivity index (χ1v) is 5.24. The van der Waals surface area contributed by atoms with Crippen molar-refractivity contribution in [2.75, 3.05) is 13.2 Å². The van der Waals surface area contributed by atoms with Crippen LogP contribution in [0.1, 0.15) is 31.0 Å². The normalized spacial score (nSPS) is 12.8. The van der Waals surface area contributed by atoms with Crippen LogP contribution >= 0.6 is 0 Å². The van der Waals surface area contributed by atoms with Crippen molar-refractivity contribution in [2.24, 2.45) is 0 Å². The lowest BCUT2D eigenvalue weighted by atomic mass is 10.1. The third-order valence-corrected chi connectivity index (χ3v) is 2.36. The van der Waals surface area contributed by atoms with Crippen molar-refractivity contribution in [3.63, 3.8) is 0 Å². The van der Waals surface area contributed by atoms with Crippen LogP contribution in [-0.2, 0) is 0 Å². The zero-order chi connectivity index (χ0) is 10.4. The Labute approximate surface area is 86.7 Å². The minimum atomic E-state index is 0.412. The average molecular weight is 192 g/mol. The molecule has 14 heavy (non-hydrogen) atoms. The third-order valence-electron chi connectivity index (χ3n) is 2.36. The summed E-state index contributed by atoms with van der Waals surface area (Å²) in [6, 6.07) is 9.08. The molecule has 0 bridgehead atoms. The molecule has 0 saturated heterocycles. The summed E-state index contributed by atoms with van der Waals surface area (Å²) in [5, 5.41) is 6.66. The topological polar surface area (TPSA) is 24.1 Å². The van der Waals surface area contributed by atoms with E-state index < -0.39 is 0 Å². The second-order valence-electron chi connectivity index (χ2n) is 3.62. The Kier molecular flexibility index (Phi) is 4.63.